The van der Waals surface area contributed by atoms with E-state index in [4.69, 9.17) is 4.74 Å². The molecule has 4 rings (SSSR count). The van der Waals surface area contributed by atoms with Gasteiger partial charge in [0.05, 0.1) is 17.8 Å². The molecule has 1 aliphatic rings. The van der Waals surface area contributed by atoms with Gasteiger partial charge in [0.1, 0.15) is 0 Å². The molecule has 1 amide bonds. The number of esters is 1. The van der Waals surface area contributed by atoms with Gasteiger partial charge >= 0.3 is 5.97 Å². The second kappa shape index (κ2) is 9.70. The molecule has 1 N–H and O–H groups in total. The van der Waals surface area contributed by atoms with Gasteiger partial charge in [-0.15, -0.1) is 0 Å². The lowest BCUT2D eigenvalue weighted by Gasteiger charge is -2.32. The highest BCUT2D eigenvalue weighted by Crippen LogP contribution is 2.47. The minimum atomic E-state index is -0.444. The number of rotatable bonds is 7. The fourth-order valence-corrected chi connectivity index (χ4v) is 4.52. The molecule has 3 aromatic rings. The average molecular weight is 447 g/mol. The predicted molar refractivity (Wildman–Crippen MR) is 125 cm³/mol. The van der Waals surface area contributed by atoms with Crippen LogP contribution in [0.2, 0.25) is 0 Å². The van der Waals surface area contributed by atoms with Crippen LogP contribution in [0.5, 0.6) is 0 Å². The number of anilines is 3. The Labute approximate surface area is 190 Å². The summed E-state index contributed by atoms with van der Waals surface area (Å²) in [5.74, 6) is -0.923. The normalized spacial score (nSPS) is 11.8. The van der Waals surface area contributed by atoms with E-state index in [2.05, 4.69) is 22.3 Å². The van der Waals surface area contributed by atoms with Crippen molar-refractivity contribution in [2.75, 3.05) is 23.4 Å². The Morgan fingerprint density at radius 2 is 1.47 bits per heavy atom. The number of para-hydroxylation sites is 2. The number of fused-ring (bicyclic) bond motifs is 2. The van der Waals surface area contributed by atoms with Crippen molar-refractivity contribution in [1.82, 2.24) is 0 Å². The Hall–Kier alpha value is -3.58. The van der Waals surface area contributed by atoms with E-state index in [0.717, 1.165) is 21.2 Å². The van der Waals surface area contributed by atoms with Crippen molar-refractivity contribution in [3.63, 3.8) is 0 Å². The van der Waals surface area contributed by atoms with Gasteiger partial charge in [0, 0.05) is 27.6 Å². The number of Topliss-reactive ketones (excluding diaryl/α,β-unsaturated/α-hetero) is 1. The lowest BCUT2D eigenvalue weighted by atomic mass is 10.1. The number of nitrogens with zero attached hydrogens (tertiary/aromatic N) is 1. The summed E-state index contributed by atoms with van der Waals surface area (Å²) in [6.45, 7) is 1.56. The van der Waals surface area contributed by atoms with Gasteiger partial charge in [-0.25, -0.2) is 0 Å². The molecule has 0 radical (unpaired) electrons. The zero-order valence-electron chi connectivity index (χ0n) is 17.5. The van der Waals surface area contributed by atoms with Crippen LogP contribution in [0.15, 0.2) is 82.6 Å². The van der Waals surface area contributed by atoms with E-state index >= 15 is 0 Å². The molecule has 6 nitrogen and oxygen atoms in total. The van der Waals surface area contributed by atoms with Crippen LogP contribution >= 0.6 is 11.8 Å². The van der Waals surface area contributed by atoms with Crippen molar-refractivity contribution >= 4 is 46.5 Å². The van der Waals surface area contributed by atoms with Crippen molar-refractivity contribution in [2.45, 2.75) is 23.1 Å². The topological polar surface area (TPSA) is 75.7 Å². The van der Waals surface area contributed by atoms with Crippen molar-refractivity contribution in [3.05, 3.63) is 78.4 Å². The first kappa shape index (κ1) is 21.6. The number of carbonyl (C=O) groups excluding carboxylic acids is 3. The van der Waals surface area contributed by atoms with Crippen LogP contribution in [-0.4, -0.2) is 30.8 Å². The molecule has 162 valence electrons. The van der Waals surface area contributed by atoms with E-state index < -0.39 is 11.9 Å². The van der Waals surface area contributed by atoms with E-state index in [9.17, 15) is 14.4 Å². The molecule has 0 aliphatic carbocycles. The Bertz CT molecular complexity index is 1120. The van der Waals surface area contributed by atoms with Gasteiger partial charge in [-0.05, 0) is 55.5 Å². The monoisotopic (exact) mass is 446 g/mol. The molecule has 7 heteroatoms. The van der Waals surface area contributed by atoms with Gasteiger partial charge in [-0.1, -0.05) is 36.0 Å². The van der Waals surface area contributed by atoms with Crippen molar-refractivity contribution in [3.8, 4) is 0 Å². The molecule has 0 aromatic heterocycles. The van der Waals surface area contributed by atoms with E-state index in [1.807, 2.05) is 36.4 Å². The third-order valence-electron chi connectivity index (χ3n) is 5.01. The molecule has 1 heterocycles. The highest BCUT2D eigenvalue weighted by Gasteiger charge is 2.23. The summed E-state index contributed by atoms with van der Waals surface area (Å²) >= 11 is 1.71. The number of hydrogen-bond acceptors (Lipinski definition) is 6. The van der Waals surface area contributed by atoms with Gasteiger partial charge in [-0.3, -0.25) is 14.4 Å². The van der Waals surface area contributed by atoms with Crippen LogP contribution in [0.1, 0.15) is 23.7 Å². The number of hydrogen-bond donors (Lipinski definition) is 1. The van der Waals surface area contributed by atoms with E-state index in [1.165, 1.54) is 6.92 Å². The van der Waals surface area contributed by atoms with Crippen molar-refractivity contribution < 1.29 is 19.1 Å². The Kier molecular flexibility index (Phi) is 6.56. The standard InChI is InChI=1S/C25H22N2O4S/c1-17(28)18-10-12-19(13-11-18)26-24(29)16-31-25(30)14-15-27-20-6-2-4-8-22(20)32-23-9-5-3-7-21(23)27/h2-13H,14-16H2,1H3,(H,26,29). The lowest BCUT2D eigenvalue weighted by molar-refractivity contribution is -0.147. The average Bonchev–Trinajstić information content (AvgIpc) is 2.80. The third kappa shape index (κ3) is 5.00. The molecule has 0 saturated carbocycles. The summed E-state index contributed by atoms with van der Waals surface area (Å²) in [6.07, 6.45) is 0.147. The minimum absolute atomic E-state index is 0.0469. The van der Waals surface area contributed by atoms with Crippen LogP contribution < -0.4 is 10.2 Å². The van der Waals surface area contributed by atoms with Gasteiger partial charge in [-0.2, -0.15) is 0 Å². The van der Waals surface area contributed by atoms with Gasteiger partial charge in [0.15, 0.2) is 12.4 Å². The molecule has 0 fully saturated rings. The lowest BCUT2D eigenvalue weighted by Crippen LogP contribution is -2.26. The fourth-order valence-electron chi connectivity index (χ4n) is 3.43. The first-order chi connectivity index (χ1) is 15.5. The van der Waals surface area contributed by atoms with Crippen LogP contribution in [0, 0.1) is 0 Å². The molecule has 1 aliphatic heterocycles. The fraction of sp³-hybridized carbons (Fsp3) is 0.160. The zero-order chi connectivity index (χ0) is 22.5. The second-order valence-electron chi connectivity index (χ2n) is 7.28. The summed E-state index contributed by atoms with van der Waals surface area (Å²) in [5, 5.41) is 2.65. The number of benzene rings is 3. The van der Waals surface area contributed by atoms with E-state index in [1.54, 1.807) is 36.0 Å². The van der Waals surface area contributed by atoms with Crippen LogP contribution in [0.3, 0.4) is 0 Å². The summed E-state index contributed by atoms with van der Waals surface area (Å²) < 4.78 is 5.17. The number of amides is 1. The number of nitrogens with one attached hydrogen (secondary N) is 1. The molecule has 0 atom stereocenters. The Balaban J connectivity index is 1.32. The van der Waals surface area contributed by atoms with Gasteiger partial charge < -0.3 is 15.0 Å². The number of carbonyl (C=O) groups is 3. The Morgan fingerprint density at radius 3 is 2.06 bits per heavy atom. The van der Waals surface area contributed by atoms with Crippen LogP contribution in [-0.2, 0) is 14.3 Å². The maximum Gasteiger partial charge on any atom is 0.308 e. The van der Waals surface area contributed by atoms with Crippen molar-refractivity contribution in [1.29, 1.82) is 0 Å². The summed E-state index contributed by atoms with van der Waals surface area (Å²) in [7, 11) is 0. The summed E-state index contributed by atoms with van der Waals surface area (Å²) in [4.78, 5) is 40.1. The molecular weight excluding hydrogens is 424 g/mol. The highest BCUT2D eigenvalue weighted by atomic mass is 32.2. The molecule has 0 saturated heterocycles. The van der Waals surface area contributed by atoms with Gasteiger partial charge in [0.2, 0.25) is 0 Å². The van der Waals surface area contributed by atoms with E-state index in [0.29, 0.717) is 17.8 Å². The number of ether oxygens (including phenoxy) is 1. The quantitative estimate of drug-likeness (QED) is 0.404. The number of ketones is 1. The van der Waals surface area contributed by atoms with Gasteiger partial charge in [0.25, 0.3) is 5.91 Å². The molecular formula is C25H22N2O4S. The molecule has 32 heavy (non-hydrogen) atoms. The molecule has 0 spiro atoms. The third-order valence-corrected chi connectivity index (χ3v) is 6.14. The summed E-state index contributed by atoms with van der Waals surface area (Å²) in [6, 6.07) is 22.7. The largest absolute Gasteiger partial charge is 0.456 e. The second-order valence-corrected chi connectivity index (χ2v) is 8.37. The Morgan fingerprint density at radius 1 is 0.875 bits per heavy atom. The first-order valence-corrected chi connectivity index (χ1v) is 11.0. The maximum atomic E-state index is 12.3. The highest BCUT2D eigenvalue weighted by molar-refractivity contribution is 7.99. The predicted octanol–water partition coefficient (Wildman–Crippen LogP) is 5.06. The maximum absolute atomic E-state index is 12.3. The molecule has 0 bridgehead atoms. The minimum Gasteiger partial charge on any atom is -0.456 e. The first-order valence-electron chi connectivity index (χ1n) is 10.2. The molecule has 0 unspecified atom stereocenters. The SMILES string of the molecule is CC(=O)c1ccc(NC(=O)COC(=O)CCN2c3ccccc3Sc3ccccc32)cc1. The van der Waals surface area contributed by atoms with Crippen LogP contribution in [0.25, 0.3) is 0 Å². The zero-order valence-corrected chi connectivity index (χ0v) is 18.4. The summed E-state index contributed by atoms with van der Waals surface area (Å²) in [5.41, 5.74) is 3.20. The smallest absolute Gasteiger partial charge is 0.308 e. The van der Waals surface area contributed by atoms with Crippen molar-refractivity contribution in [2.24, 2.45) is 0 Å². The molecule has 3 aromatic carbocycles. The van der Waals surface area contributed by atoms with Crippen LogP contribution in [0.4, 0.5) is 17.1 Å². The van der Waals surface area contributed by atoms with E-state index in [-0.39, 0.29) is 18.8 Å².